The largest absolute Gasteiger partial charge is 0.311 e. The lowest BCUT2D eigenvalue weighted by Gasteiger charge is -2.26. The predicted octanol–water partition coefficient (Wildman–Crippen LogP) is 15.8. The van der Waals surface area contributed by atoms with E-state index in [0.717, 1.165) is 28.4 Å². The van der Waals surface area contributed by atoms with E-state index in [1.807, 2.05) is 0 Å². The van der Waals surface area contributed by atoms with Crippen molar-refractivity contribution in [2.45, 2.75) is 0 Å². The Bertz CT molecular complexity index is 3510. The molecule has 0 amide bonds. The molecular weight excluding hydrogens is 739 g/mol. The predicted molar refractivity (Wildman–Crippen MR) is 258 cm³/mol. The molecule has 3 nitrogen and oxygen atoms in total. The van der Waals surface area contributed by atoms with Gasteiger partial charge in [0.05, 0.1) is 22.1 Å². The summed E-state index contributed by atoms with van der Waals surface area (Å²) >= 11 is 0. The van der Waals surface area contributed by atoms with Crippen molar-refractivity contribution in [3.8, 4) is 33.6 Å². The summed E-state index contributed by atoms with van der Waals surface area (Å²) < 4.78 is 4.76. The van der Waals surface area contributed by atoms with Gasteiger partial charge in [0.25, 0.3) is 0 Å². The summed E-state index contributed by atoms with van der Waals surface area (Å²) in [5, 5.41) is 7.50. The summed E-state index contributed by atoms with van der Waals surface area (Å²) in [5.74, 6) is 0. The molecule has 0 spiro atoms. The SMILES string of the molecule is c1ccc(N(c2ccc(-c3ccc4c(c3)c3cc(-c5ccc6ccccc6c5)ccc3n4-c3ccccc3)cc2)c2ccc(-n3c4ccccc4c4ccccc43)cc2)cc1. The van der Waals surface area contributed by atoms with Gasteiger partial charge in [-0.2, -0.15) is 0 Å². The number of rotatable bonds is 7. The fourth-order valence-electron chi connectivity index (χ4n) is 9.39. The van der Waals surface area contributed by atoms with Crippen LogP contribution < -0.4 is 4.90 Å². The van der Waals surface area contributed by atoms with E-state index in [0.29, 0.717) is 0 Å². The monoisotopic (exact) mass is 777 g/mol. The third-order valence-corrected chi connectivity index (χ3v) is 12.3. The van der Waals surface area contributed by atoms with Crippen molar-refractivity contribution in [2.24, 2.45) is 0 Å². The van der Waals surface area contributed by atoms with Crippen molar-refractivity contribution in [3.63, 3.8) is 0 Å². The molecule has 2 heterocycles. The Morgan fingerprint density at radius 1 is 0.246 bits per heavy atom. The molecule has 3 heteroatoms. The van der Waals surface area contributed by atoms with Crippen LogP contribution in [0.1, 0.15) is 0 Å². The van der Waals surface area contributed by atoms with Crippen molar-refractivity contribution in [1.82, 2.24) is 9.13 Å². The maximum Gasteiger partial charge on any atom is 0.0541 e. The molecule has 0 fully saturated rings. The average Bonchev–Trinajstić information content (AvgIpc) is 3.85. The first-order chi connectivity index (χ1) is 30.2. The van der Waals surface area contributed by atoms with E-state index >= 15 is 0 Å². The third-order valence-electron chi connectivity index (χ3n) is 12.3. The van der Waals surface area contributed by atoms with Crippen molar-refractivity contribution in [2.75, 3.05) is 4.90 Å². The van der Waals surface area contributed by atoms with E-state index in [4.69, 9.17) is 0 Å². The topological polar surface area (TPSA) is 13.1 Å². The number of hydrogen-bond donors (Lipinski definition) is 0. The van der Waals surface area contributed by atoms with E-state index in [2.05, 4.69) is 251 Å². The van der Waals surface area contributed by atoms with Crippen molar-refractivity contribution in [1.29, 1.82) is 0 Å². The van der Waals surface area contributed by atoms with Gasteiger partial charge in [-0.05, 0) is 136 Å². The van der Waals surface area contributed by atoms with Crippen LogP contribution in [-0.2, 0) is 0 Å². The molecule has 0 radical (unpaired) electrons. The highest BCUT2D eigenvalue weighted by Gasteiger charge is 2.18. The van der Waals surface area contributed by atoms with Gasteiger partial charge in [0.1, 0.15) is 0 Å². The van der Waals surface area contributed by atoms with Crippen LogP contribution in [0.25, 0.3) is 88.0 Å². The van der Waals surface area contributed by atoms with Crippen LogP contribution >= 0.6 is 0 Å². The van der Waals surface area contributed by atoms with Gasteiger partial charge in [0, 0.05) is 50.0 Å². The summed E-state index contributed by atoms with van der Waals surface area (Å²) in [5.41, 5.74) is 15.2. The summed E-state index contributed by atoms with van der Waals surface area (Å²) in [4.78, 5) is 2.34. The third kappa shape index (κ3) is 5.90. The summed E-state index contributed by atoms with van der Waals surface area (Å²) in [6.07, 6.45) is 0. The molecule has 286 valence electrons. The van der Waals surface area contributed by atoms with Crippen LogP contribution in [0.4, 0.5) is 17.1 Å². The van der Waals surface area contributed by atoms with Gasteiger partial charge >= 0.3 is 0 Å². The Morgan fingerprint density at radius 3 is 1.28 bits per heavy atom. The van der Waals surface area contributed by atoms with Crippen molar-refractivity contribution < 1.29 is 0 Å². The van der Waals surface area contributed by atoms with Crippen molar-refractivity contribution >= 4 is 71.4 Å². The van der Waals surface area contributed by atoms with Gasteiger partial charge in [0.15, 0.2) is 0 Å². The molecule has 0 saturated carbocycles. The van der Waals surface area contributed by atoms with Crippen LogP contribution in [0.15, 0.2) is 237 Å². The van der Waals surface area contributed by atoms with Crippen LogP contribution in [0.2, 0.25) is 0 Å². The number of anilines is 3. The van der Waals surface area contributed by atoms with Crippen LogP contribution in [-0.4, -0.2) is 9.13 Å². The zero-order valence-electron chi connectivity index (χ0n) is 33.4. The molecule has 10 aromatic carbocycles. The summed E-state index contributed by atoms with van der Waals surface area (Å²) in [7, 11) is 0. The molecular formula is C58H39N3. The van der Waals surface area contributed by atoms with Crippen LogP contribution in [0.5, 0.6) is 0 Å². The Hall–Kier alpha value is -8.14. The number of aromatic nitrogens is 2. The minimum atomic E-state index is 1.10. The molecule has 0 N–H and O–H groups in total. The highest BCUT2D eigenvalue weighted by Crippen LogP contribution is 2.40. The second kappa shape index (κ2) is 14.3. The van der Waals surface area contributed by atoms with Crippen LogP contribution in [0.3, 0.4) is 0 Å². The standard InChI is InChI=1S/C58H39N3/c1-3-15-46(16-4-1)59(49-31-33-50(34-32-49)61-55-21-11-9-19-51(55)52-20-10-12-22-56(52)61)48-29-25-41(26-30-48)44-27-35-57-53(38-44)54-39-45(43-24-23-40-13-7-8-14-42(40)37-43)28-36-58(54)60(57)47-17-5-2-6-18-47/h1-39H. The zero-order valence-corrected chi connectivity index (χ0v) is 33.4. The lowest BCUT2D eigenvalue weighted by molar-refractivity contribution is 1.17. The molecule has 61 heavy (non-hydrogen) atoms. The Labute approximate surface area is 354 Å². The first-order valence-electron chi connectivity index (χ1n) is 20.9. The summed E-state index contributed by atoms with van der Waals surface area (Å²) in [6, 6.07) is 85.9. The van der Waals surface area contributed by atoms with E-state index in [1.165, 1.54) is 76.6 Å². The number of fused-ring (bicyclic) bond motifs is 7. The number of nitrogens with zero attached hydrogens (tertiary/aromatic N) is 3. The van der Waals surface area contributed by atoms with E-state index in [9.17, 15) is 0 Å². The van der Waals surface area contributed by atoms with Gasteiger partial charge in [-0.25, -0.2) is 0 Å². The fraction of sp³-hybridized carbons (Fsp3) is 0. The minimum Gasteiger partial charge on any atom is -0.311 e. The number of para-hydroxylation sites is 4. The number of hydrogen-bond acceptors (Lipinski definition) is 1. The maximum absolute atomic E-state index is 2.39. The number of benzene rings is 10. The smallest absolute Gasteiger partial charge is 0.0541 e. The fourth-order valence-corrected chi connectivity index (χ4v) is 9.39. The molecule has 0 saturated heterocycles. The molecule has 0 aliphatic heterocycles. The van der Waals surface area contributed by atoms with E-state index in [1.54, 1.807) is 0 Å². The van der Waals surface area contributed by atoms with Gasteiger partial charge in [-0.3, -0.25) is 0 Å². The molecule has 0 atom stereocenters. The molecule has 0 aliphatic rings. The first-order valence-corrected chi connectivity index (χ1v) is 20.9. The quantitative estimate of drug-likeness (QED) is 0.157. The average molecular weight is 778 g/mol. The second-order valence-corrected chi connectivity index (χ2v) is 15.8. The molecule has 0 aliphatic carbocycles. The van der Waals surface area contributed by atoms with Crippen LogP contribution in [0, 0.1) is 0 Å². The Kier molecular flexibility index (Phi) is 8.17. The van der Waals surface area contributed by atoms with E-state index in [-0.39, 0.29) is 0 Å². The van der Waals surface area contributed by atoms with E-state index < -0.39 is 0 Å². The highest BCUT2D eigenvalue weighted by molar-refractivity contribution is 6.12. The van der Waals surface area contributed by atoms with Gasteiger partial charge in [-0.15, -0.1) is 0 Å². The first kappa shape index (κ1) is 34.9. The second-order valence-electron chi connectivity index (χ2n) is 15.8. The molecule has 2 aromatic heterocycles. The normalized spacial score (nSPS) is 11.6. The molecule has 12 aromatic rings. The molecule has 0 bridgehead atoms. The maximum atomic E-state index is 2.39. The minimum absolute atomic E-state index is 1.10. The van der Waals surface area contributed by atoms with Gasteiger partial charge in [-0.1, -0.05) is 133 Å². The highest BCUT2D eigenvalue weighted by atomic mass is 15.1. The van der Waals surface area contributed by atoms with Gasteiger partial charge in [0.2, 0.25) is 0 Å². The zero-order chi connectivity index (χ0) is 40.3. The Morgan fingerprint density at radius 2 is 0.656 bits per heavy atom. The lowest BCUT2D eigenvalue weighted by Crippen LogP contribution is -2.10. The van der Waals surface area contributed by atoms with Gasteiger partial charge < -0.3 is 14.0 Å². The Balaban J connectivity index is 0.938. The van der Waals surface area contributed by atoms with Crippen molar-refractivity contribution in [3.05, 3.63) is 237 Å². The molecule has 12 rings (SSSR count). The lowest BCUT2D eigenvalue weighted by atomic mass is 9.98. The summed E-state index contributed by atoms with van der Waals surface area (Å²) in [6.45, 7) is 0. The molecule has 0 unspecified atom stereocenters.